The first-order valence-corrected chi connectivity index (χ1v) is 11.0. The predicted octanol–water partition coefficient (Wildman–Crippen LogP) is 4.14. The fourth-order valence-electron chi connectivity index (χ4n) is 4.21. The van der Waals surface area contributed by atoms with Crippen molar-refractivity contribution in [2.45, 2.75) is 57.9 Å². The molecule has 9 nitrogen and oxygen atoms in total. The molecule has 5 rings (SSSR count). The van der Waals surface area contributed by atoms with Crippen molar-refractivity contribution < 1.29 is 17.9 Å². The molecule has 1 aliphatic rings. The first-order valence-electron chi connectivity index (χ1n) is 11.0. The van der Waals surface area contributed by atoms with E-state index in [4.69, 9.17) is 16.2 Å². The Morgan fingerprint density at radius 1 is 1.06 bits per heavy atom. The van der Waals surface area contributed by atoms with E-state index in [1.165, 1.54) is 43.5 Å². The largest absolute Gasteiger partial charge is 0.406 e. The monoisotopic (exact) mass is 476 g/mol. The molecule has 182 valence electrons. The smallest absolute Gasteiger partial charge is 0.382 e. The van der Waals surface area contributed by atoms with Crippen LogP contribution in [0.4, 0.5) is 24.9 Å². The highest BCUT2D eigenvalue weighted by Crippen LogP contribution is 2.30. The summed E-state index contributed by atoms with van der Waals surface area (Å²) in [6.45, 7) is 0.347. The van der Waals surface area contributed by atoms with E-state index in [2.05, 4.69) is 20.1 Å². The van der Waals surface area contributed by atoms with Gasteiger partial charge < -0.3 is 20.8 Å². The number of ether oxygens (including phenoxy) is 1. The SMILES string of the molecule is COC1CCCCC1.Cc1nc2ccc(-c3ccn4nc(N)nc(N)c34)nc2n1CC(F)(F)F. The summed E-state index contributed by atoms with van der Waals surface area (Å²) in [5.74, 6) is 0.401. The summed E-state index contributed by atoms with van der Waals surface area (Å²) in [4.78, 5) is 12.4. The fourth-order valence-corrected chi connectivity index (χ4v) is 4.21. The van der Waals surface area contributed by atoms with Gasteiger partial charge >= 0.3 is 6.18 Å². The molecule has 0 saturated heterocycles. The molecule has 0 aromatic carbocycles. The summed E-state index contributed by atoms with van der Waals surface area (Å²) in [7, 11) is 1.82. The number of rotatable bonds is 3. The standard InChI is InChI=1S/C15H13F3N8.C7H14O/c1-7-21-10-3-2-9(22-13(10)25(7)6-15(16,17)18)8-4-5-26-11(8)12(19)23-14(20)24-26;1-8-7-5-3-2-4-6-7/h2-5H,6H2,1H3,(H4,19,20,23,24);7H,2-6H2,1H3. The highest BCUT2D eigenvalue weighted by atomic mass is 19.4. The highest BCUT2D eigenvalue weighted by molar-refractivity contribution is 5.88. The number of imidazole rings is 1. The van der Waals surface area contributed by atoms with Gasteiger partial charge in [0.25, 0.3) is 0 Å². The molecule has 0 aliphatic heterocycles. The van der Waals surface area contributed by atoms with Gasteiger partial charge in [-0.2, -0.15) is 18.2 Å². The molecule has 4 heterocycles. The average Bonchev–Trinajstić information content (AvgIpc) is 3.34. The highest BCUT2D eigenvalue weighted by Gasteiger charge is 2.30. The van der Waals surface area contributed by atoms with Gasteiger partial charge in [-0.1, -0.05) is 19.3 Å². The Kier molecular flexibility index (Phi) is 6.60. The third-order valence-electron chi connectivity index (χ3n) is 5.84. The molecule has 34 heavy (non-hydrogen) atoms. The first kappa shape index (κ1) is 23.7. The Labute approximate surface area is 193 Å². The predicted molar refractivity (Wildman–Crippen MR) is 123 cm³/mol. The van der Waals surface area contributed by atoms with Crippen molar-refractivity contribution in [2.75, 3.05) is 18.6 Å². The Morgan fingerprint density at radius 3 is 2.44 bits per heavy atom. The van der Waals surface area contributed by atoms with E-state index in [0.717, 1.165) is 4.57 Å². The zero-order valence-electron chi connectivity index (χ0n) is 19.0. The summed E-state index contributed by atoms with van der Waals surface area (Å²) in [5.41, 5.74) is 13.5. The summed E-state index contributed by atoms with van der Waals surface area (Å²) in [6, 6.07) is 4.98. The maximum atomic E-state index is 12.9. The second kappa shape index (κ2) is 9.45. The van der Waals surface area contributed by atoms with Gasteiger partial charge in [0.05, 0.1) is 11.8 Å². The second-order valence-corrected chi connectivity index (χ2v) is 8.27. The zero-order valence-corrected chi connectivity index (χ0v) is 19.0. The first-order chi connectivity index (χ1) is 16.2. The molecule has 0 unspecified atom stereocenters. The van der Waals surface area contributed by atoms with Crippen LogP contribution in [0.5, 0.6) is 0 Å². The number of nitrogens with zero attached hydrogens (tertiary/aromatic N) is 6. The third-order valence-corrected chi connectivity index (χ3v) is 5.84. The third kappa shape index (κ3) is 5.06. The van der Waals surface area contributed by atoms with Crippen LogP contribution in [0, 0.1) is 6.92 Å². The Hall–Kier alpha value is -3.41. The molecule has 4 aromatic heterocycles. The lowest BCUT2D eigenvalue weighted by atomic mass is 9.98. The molecular formula is C22H27F3N8O. The topological polar surface area (TPSA) is 122 Å². The summed E-state index contributed by atoms with van der Waals surface area (Å²) >= 11 is 0. The number of alkyl halides is 3. The van der Waals surface area contributed by atoms with Crippen molar-refractivity contribution in [1.29, 1.82) is 0 Å². The Balaban J connectivity index is 0.000000291. The van der Waals surface area contributed by atoms with Gasteiger partial charge in [0.2, 0.25) is 5.95 Å². The number of aryl methyl sites for hydroxylation is 1. The minimum absolute atomic E-state index is 0.0134. The van der Waals surface area contributed by atoms with E-state index in [0.29, 0.717) is 28.4 Å². The number of hydrogen-bond donors (Lipinski definition) is 2. The maximum Gasteiger partial charge on any atom is 0.406 e. The molecule has 1 fully saturated rings. The Morgan fingerprint density at radius 2 is 1.79 bits per heavy atom. The average molecular weight is 477 g/mol. The zero-order chi connectivity index (χ0) is 24.5. The van der Waals surface area contributed by atoms with Crippen LogP contribution < -0.4 is 11.5 Å². The number of methoxy groups -OCH3 is 1. The Bertz CT molecular complexity index is 1290. The van der Waals surface area contributed by atoms with Crippen LogP contribution in [0.3, 0.4) is 0 Å². The molecule has 0 amide bonds. The van der Waals surface area contributed by atoms with Gasteiger partial charge in [-0.3, -0.25) is 0 Å². The van der Waals surface area contributed by atoms with Crippen LogP contribution in [0.1, 0.15) is 37.9 Å². The van der Waals surface area contributed by atoms with E-state index in [-0.39, 0.29) is 23.2 Å². The lowest BCUT2D eigenvalue weighted by Crippen LogP contribution is -2.18. The van der Waals surface area contributed by atoms with Crippen molar-refractivity contribution >= 4 is 28.4 Å². The van der Waals surface area contributed by atoms with Gasteiger partial charge in [0, 0.05) is 18.9 Å². The van der Waals surface area contributed by atoms with E-state index in [1.54, 1.807) is 24.4 Å². The van der Waals surface area contributed by atoms with Gasteiger partial charge in [-0.25, -0.2) is 14.5 Å². The van der Waals surface area contributed by atoms with E-state index in [9.17, 15) is 13.2 Å². The van der Waals surface area contributed by atoms with Crippen molar-refractivity contribution in [3.63, 3.8) is 0 Å². The molecule has 0 radical (unpaired) electrons. The fraction of sp³-hybridized carbons (Fsp3) is 0.455. The number of pyridine rings is 1. The van der Waals surface area contributed by atoms with Crippen molar-refractivity contribution in [1.82, 2.24) is 29.1 Å². The van der Waals surface area contributed by atoms with Crippen molar-refractivity contribution in [3.05, 3.63) is 30.2 Å². The summed E-state index contributed by atoms with van der Waals surface area (Å²) in [6.07, 6.45) is 4.57. The lowest BCUT2D eigenvalue weighted by Gasteiger charge is -2.19. The van der Waals surface area contributed by atoms with Gasteiger partial charge in [0.1, 0.15) is 23.4 Å². The number of fused-ring (bicyclic) bond motifs is 2. The lowest BCUT2D eigenvalue weighted by molar-refractivity contribution is -0.140. The van der Waals surface area contributed by atoms with Gasteiger partial charge in [0.15, 0.2) is 11.5 Å². The van der Waals surface area contributed by atoms with Gasteiger partial charge in [-0.05, 0) is 38.0 Å². The quantitative estimate of drug-likeness (QED) is 0.456. The normalized spacial score (nSPS) is 15.0. The van der Waals surface area contributed by atoms with Gasteiger partial charge in [-0.15, -0.1) is 5.10 Å². The minimum Gasteiger partial charge on any atom is -0.382 e. The van der Waals surface area contributed by atoms with Crippen LogP contribution in [-0.4, -0.2) is 48.5 Å². The summed E-state index contributed by atoms with van der Waals surface area (Å²) in [5, 5.41) is 4.02. The van der Waals surface area contributed by atoms with Crippen LogP contribution in [0.25, 0.3) is 27.9 Å². The van der Waals surface area contributed by atoms with Crippen LogP contribution in [-0.2, 0) is 11.3 Å². The van der Waals surface area contributed by atoms with E-state index < -0.39 is 12.7 Å². The summed E-state index contributed by atoms with van der Waals surface area (Å²) < 4.78 is 46.3. The number of halogens is 3. The molecule has 0 atom stereocenters. The number of aromatic nitrogens is 6. The molecule has 1 aliphatic carbocycles. The second-order valence-electron chi connectivity index (χ2n) is 8.27. The number of nitrogens with two attached hydrogens (primary N) is 2. The minimum atomic E-state index is -4.38. The van der Waals surface area contributed by atoms with Crippen LogP contribution >= 0.6 is 0 Å². The molecule has 4 N–H and O–H groups in total. The molecule has 1 saturated carbocycles. The number of nitrogen functional groups attached to an aromatic ring is 2. The number of hydrogen-bond acceptors (Lipinski definition) is 7. The molecule has 12 heteroatoms. The van der Waals surface area contributed by atoms with Crippen molar-refractivity contribution in [3.8, 4) is 11.3 Å². The molecule has 0 spiro atoms. The molecule has 4 aromatic rings. The molecular weight excluding hydrogens is 449 g/mol. The van der Waals surface area contributed by atoms with Crippen LogP contribution in [0.2, 0.25) is 0 Å². The van der Waals surface area contributed by atoms with E-state index in [1.807, 2.05) is 7.11 Å². The number of anilines is 2. The maximum absolute atomic E-state index is 12.9. The van der Waals surface area contributed by atoms with Crippen LogP contribution in [0.15, 0.2) is 24.4 Å². The van der Waals surface area contributed by atoms with Crippen molar-refractivity contribution in [2.24, 2.45) is 0 Å². The molecule has 0 bridgehead atoms. The van der Waals surface area contributed by atoms with E-state index >= 15 is 0 Å².